The molecule has 2 aromatic rings. The van der Waals surface area contributed by atoms with Gasteiger partial charge < -0.3 is 15.2 Å². The molecule has 0 bridgehead atoms. The predicted molar refractivity (Wildman–Crippen MR) is 81.1 cm³/mol. The topological polar surface area (TPSA) is 44.5 Å². The van der Waals surface area contributed by atoms with Gasteiger partial charge in [0.25, 0.3) is 0 Å². The Morgan fingerprint density at radius 3 is 2.62 bits per heavy atom. The maximum atomic E-state index is 13.7. The Morgan fingerprint density at radius 2 is 1.81 bits per heavy atom. The fourth-order valence-electron chi connectivity index (χ4n) is 1.93. The van der Waals surface area contributed by atoms with E-state index in [-0.39, 0.29) is 5.82 Å². The molecule has 0 atom stereocenters. The maximum Gasteiger partial charge on any atom is 0.167 e. The van der Waals surface area contributed by atoms with Crippen molar-refractivity contribution in [2.75, 3.05) is 13.2 Å². The third-order valence-electron chi connectivity index (χ3n) is 3.11. The van der Waals surface area contributed by atoms with E-state index in [0.29, 0.717) is 37.5 Å². The molecule has 2 aromatic carbocycles. The molecule has 0 aromatic heterocycles. The minimum absolute atomic E-state index is 0.292. The average Bonchev–Trinajstić information content (AvgIpc) is 2.51. The summed E-state index contributed by atoms with van der Waals surface area (Å²) in [6.45, 7) is 3.14. The molecule has 0 aliphatic rings. The van der Waals surface area contributed by atoms with Crippen LogP contribution in [-0.2, 0) is 6.54 Å². The van der Waals surface area contributed by atoms with Gasteiger partial charge in [-0.05, 0) is 36.2 Å². The van der Waals surface area contributed by atoms with Gasteiger partial charge in [-0.2, -0.15) is 0 Å². The predicted octanol–water partition coefficient (Wildman–Crippen LogP) is 3.44. The van der Waals surface area contributed by atoms with Crippen molar-refractivity contribution in [3.05, 3.63) is 59.4 Å². The van der Waals surface area contributed by atoms with E-state index in [0.717, 1.165) is 11.3 Å². The zero-order valence-electron chi connectivity index (χ0n) is 12.1. The molecule has 0 saturated heterocycles. The molecule has 0 spiro atoms. The Bertz CT molecular complexity index is 587. The van der Waals surface area contributed by atoms with E-state index in [4.69, 9.17) is 15.2 Å². The third kappa shape index (κ3) is 4.46. The second-order valence-corrected chi connectivity index (χ2v) is 4.79. The molecule has 0 unspecified atom stereocenters. The highest BCUT2D eigenvalue weighted by Gasteiger charge is 2.05. The fourth-order valence-corrected chi connectivity index (χ4v) is 1.93. The van der Waals surface area contributed by atoms with Crippen LogP contribution in [0.25, 0.3) is 0 Å². The van der Waals surface area contributed by atoms with Crippen LogP contribution >= 0.6 is 0 Å². The van der Waals surface area contributed by atoms with Crippen LogP contribution in [0, 0.1) is 12.7 Å². The molecule has 0 amide bonds. The van der Waals surface area contributed by atoms with Crippen LogP contribution in [-0.4, -0.2) is 13.2 Å². The molecule has 0 aliphatic carbocycles. The van der Waals surface area contributed by atoms with Crippen LogP contribution in [0.3, 0.4) is 0 Å². The number of hydrogen-bond donors (Lipinski definition) is 1. The second-order valence-electron chi connectivity index (χ2n) is 4.79. The van der Waals surface area contributed by atoms with Crippen molar-refractivity contribution in [2.24, 2.45) is 5.73 Å². The molecule has 2 N–H and O–H groups in total. The van der Waals surface area contributed by atoms with E-state index in [1.54, 1.807) is 25.1 Å². The van der Waals surface area contributed by atoms with Gasteiger partial charge in [0.05, 0.1) is 13.2 Å². The van der Waals surface area contributed by atoms with Crippen LogP contribution in [0.1, 0.15) is 17.5 Å². The summed E-state index contributed by atoms with van der Waals surface area (Å²) in [7, 11) is 0. The molecule has 3 nitrogen and oxygen atoms in total. The lowest BCUT2D eigenvalue weighted by molar-refractivity contribution is 0.241. The quantitative estimate of drug-likeness (QED) is 0.794. The Labute approximate surface area is 124 Å². The van der Waals surface area contributed by atoms with Crippen LogP contribution in [0.5, 0.6) is 11.5 Å². The van der Waals surface area contributed by atoms with E-state index in [9.17, 15) is 4.39 Å². The lowest BCUT2D eigenvalue weighted by Gasteiger charge is -2.10. The molecule has 2 rings (SSSR count). The molecule has 21 heavy (non-hydrogen) atoms. The Kier molecular flexibility index (Phi) is 5.58. The van der Waals surface area contributed by atoms with Gasteiger partial charge in [-0.3, -0.25) is 0 Å². The van der Waals surface area contributed by atoms with Gasteiger partial charge in [-0.1, -0.05) is 24.3 Å². The Morgan fingerprint density at radius 1 is 1.05 bits per heavy atom. The number of nitrogens with two attached hydrogens (primary N) is 1. The van der Waals surface area contributed by atoms with Crippen LogP contribution < -0.4 is 15.2 Å². The number of ether oxygens (including phenoxy) is 2. The molecule has 0 aliphatic heterocycles. The highest BCUT2D eigenvalue weighted by atomic mass is 19.1. The minimum atomic E-state index is -0.297. The highest BCUT2D eigenvalue weighted by Crippen LogP contribution is 2.19. The Balaban J connectivity index is 1.73. The summed E-state index contributed by atoms with van der Waals surface area (Å²) < 4.78 is 24.7. The molecule has 0 radical (unpaired) electrons. The first-order valence-electron chi connectivity index (χ1n) is 7.00. The second kappa shape index (κ2) is 7.64. The third-order valence-corrected chi connectivity index (χ3v) is 3.11. The maximum absolute atomic E-state index is 13.7. The SMILES string of the molecule is Cc1cccc(OCCCOc2cccc(CN)c2)c1F. The van der Waals surface area contributed by atoms with Crippen molar-refractivity contribution >= 4 is 0 Å². The molecular formula is C17H20FNO2. The average molecular weight is 289 g/mol. The van der Waals surface area contributed by atoms with Crippen molar-refractivity contribution in [3.63, 3.8) is 0 Å². The molecular weight excluding hydrogens is 269 g/mol. The van der Waals surface area contributed by atoms with Crippen LogP contribution in [0.15, 0.2) is 42.5 Å². The number of hydrogen-bond acceptors (Lipinski definition) is 3. The van der Waals surface area contributed by atoms with Gasteiger partial charge in [-0.15, -0.1) is 0 Å². The molecule has 0 fully saturated rings. The van der Waals surface area contributed by atoms with Gasteiger partial charge in [0, 0.05) is 13.0 Å². The summed E-state index contributed by atoms with van der Waals surface area (Å²) in [6.07, 6.45) is 0.681. The highest BCUT2D eigenvalue weighted by molar-refractivity contribution is 5.30. The molecule has 112 valence electrons. The van der Waals surface area contributed by atoms with Crippen LogP contribution in [0.2, 0.25) is 0 Å². The van der Waals surface area contributed by atoms with Gasteiger partial charge in [0.15, 0.2) is 11.6 Å². The first-order valence-corrected chi connectivity index (χ1v) is 7.00. The first-order chi connectivity index (χ1) is 10.2. The summed E-state index contributed by atoms with van der Waals surface area (Å²) in [5, 5.41) is 0. The van der Waals surface area contributed by atoms with Crippen molar-refractivity contribution in [2.45, 2.75) is 19.9 Å². The first kappa shape index (κ1) is 15.3. The molecule has 0 saturated carbocycles. The summed E-state index contributed by atoms with van der Waals surface area (Å²) in [5.41, 5.74) is 7.19. The molecule has 4 heteroatoms. The summed E-state index contributed by atoms with van der Waals surface area (Å²) in [6, 6.07) is 12.8. The van der Waals surface area contributed by atoms with Gasteiger partial charge in [0.1, 0.15) is 5.75 Å². The normalized spacial score (nSPS) is 10.4. The fraction of sp³-hybridized carbons (Fsp3) is 0.294. The number of halogens is 1. The van der Waals surface area contributed by atoms with E-state index in [2.05, 4.69) is 0 Å². The van der Waals surface area contributed by atoms with E-state index < -0.39 is 0 Å². The molecule has 0 heterocycles. The van der Waals surface area contributed by atoms with Gasteiger partial charge >= 0.3 is 0 Å². The standard InChI is InChI=1S/C17H20FNO2/c1-13-5-2-8-16(17(13)18)21-10-4-9-20-15-7-3-6-14(11-15)12-19/h2-3,5-8,11H,4,9-10,12,19H2,1H3. The zero-order valence-corrected chi connectivity index (χ0v) is 12.1. The minimum Gasteiger partial charge on any atom is -0.493 e. The van der Waals surface area contributed by atoms with E-state index in [1.807, 2.05) is 24.3 Å². The Hall–Kier alpha value is -2.07. The number of benzene rings is 2. The van der Waals surface area contributed by atoms with Crippen molar-refractivity contribution < 1.29 is 13.9 Å². The van der Waals surface area contributed by atoms with Crippen molar-refractivity contribution in [1.82, 2.24) is 0 Å². The lowest BCUT2D eigenvalue weighted by atomic mass is 10.2. The van der Waals surface area contributed by atoms with Crippen LogP contribution in [0.4, 0.5) is 4.39 Å². The van der Waals surface area contributed by atoms with Crippen molar-refractivity contribution in [3.8, 4) is 11.5 Å². The monoisotopic (exact) mass is 289 g/mol. The smallest absolute Gasteiger partial charge is 0.167 e. The number of aryl methyl sites for hydroxylation is 1. The summed E-state index contributed by atoms with van der Waals surface area (Å²) in [4.78, 5) is 0. The summed E-state index contributed by atoms with van der Waals surface area (Å²) in [5.74, 6) is 0.786. The van der Waals surface area contributed by atoms with E-state index >= 15 is 0 Å². The summed E-state index contributed by atoms with van der Waals surface area (Å²) >= 11 is 0. The number of rotatable bonds is 7. The van der Waals surface area contributed by atoms with Gasteiger partial charge in [0.2, 0.25) is 0 Å². The van der Waals surface area contributed by atoms with Gasteiger partial charge in [-0.25, -0.2) is 4.39 Å². The van der Waals surface area contributed by atoms with Crippen molar-refractivity contribution in [1.29, 1.82) is 0 Å². The largest absolute Gasteiger partial charge is 0.493 e. The lowest BCUT2D eigenvalue weighted by Crippen LogP contribution is -2.06. The zero-order chi connectivity index (χ0) is 15.1. The van der Waals surface area contributed by atoms with E-state index in [1.165, 1.54) is 0 Å².